The van der Waals surface area contributed by atoms with Crippen LogP contribution in [0.1, 0.15) is 12.5 Å². The molecule has 0 aromatic heterocycles. The predicted molar refractivity (Wildman–Crippen MR) is 95.6 cm³/mol. The van der Waals surface area contributed by atoms with Crippen molar-refractivity contribution >= 4 is 35.1 Å². The summed E-state index contributed by atoms with van der Waals surface area (Å²) in [5, 5.41) is 6.09. The van der Waals surface area contributed by atoms with Crippen molar-refractivity contribution in [1.82, 2.24) is 5.32 Å². The van der Waals surface area contributed by atoms with Gasteiger partial charge in [-0.25, -0.2) is 20.2 Å². The number of benzene rings is 2. The summed E-state index contributed by atoms with van der Waals surface area (Å²) in [5.74, 6) is -0.183. The van der Waals surface area contributed by atoms with E-state index in [0.29, 0.717) is 17.2 Å². The fourth-order valence-electron chi connectivity index (χ4n) is 3.28. The maximum Gasteiger partial charge on any atom is 0.361 e. The lowest BCUT2D eigenvalue weighted by Crippen LogP contribution is -3.14. The summed E-state index contributed by atoms with van der Waals surface area (Å²) in [6.07, 6.45) is 0. The molecule has 2 aromatic rings. The zero-order valence-corrected chi connectivity index (χ0v) is 14.0. The third-order valence-corrected chi connectivity index (χ3v) is 4.33. The number of nitrogens with one attached hydrogen (secondary N) is 4. The summed E-state index contributed by atoms with van der Waals surface area (Å²) in [6, 6.07) is 16.6. The van der Waals surface area contributed by atoms with E-state index in [-0.39, 0.29) is 11.9 Å². The van der Waals surface area contributed by atoms with E-state index in [0.717, 1.165) is 10.6 Å². The number of rotatable bonds is 1. The third kappa shape index (κ3) is 2.31. The van der Waals surface area contributed by atoms with Crippen LogP contribution in [0.2, 0.25) is 0 Å². The quantitative estimate of drug-likeness (QED) is 0.383. The van der Waals surface area contributed by atoms with E-state index in [4.69, 9.17) is 5.73 Å². The summed E-state index contributed by atoms with van der Waals surface area (Å²) in [4.78, 5) is 32.5. The smallest absolute Gasteiger partial charge is 0.290 e. The number of fused-ring (bicyclic) bond motifs is 2. The van der Waals surface area contributed by atoms with Gasteiger partial charge in [0.15, 0.2) is 0 Å². The van der Waals surface area contributed by atoms with Gasteiger partial charge in [-0.3, -0.25) is 15.3 Å². The Morgan fingerprint density at radius 3 is 2.54 bits per heavy atom. The van der Waals surface area contributed by atoms with E-state index in [1.54, 1.807) is 18.2 Å². The van der Waals surface area contributed by atoms with Crippen LogP contribution in [0.5, 0.6) is 0 Å². The molecule has 0 saturated carbocycles. The SMILES string of the molecule is CC(=O)N1C(=O)[C@@]2([NH+]=C(N)NC(Nc3ccccc3)=[NH+]2)c2ccccc21. The van der Waals surface area contributed by atoms with Crippen molar-refractivity contribution in [2.75, 3.05) is 10.2 Å². The minimum absolute atomic E-state index is 0.190. The normalized spacial score (nSPS) is 21.0. The molecule has 0 saturated heterocycles. The van der Waals surface area contributed by atoms with E-state index in [9.17, 15) is 9.59 Å². The Bertz CT molecular complexity index is 969. The molecule has 8 nitrogen and oxygen atoms in total. The molecule has 1 atom stereocenters. The highest BCUT2D eigenvalue weighted by Gasteiger charge is 2.57. The van der Waals surface area contributed by atoms with Crippen LogP contribution in [0, 0.1) is 0 Å². The first-order chi connectivity index (χ1) is 12.5. The summed E-state index contributed by atoms with van der Waals surface area (Å²) < 4.78 is 0. The lowest BCUT2D eigenvalue weighted by Gasteiger charge is -2.22. The van der Waals surface area contributed by atoms with Crippen LogP contribution in [0.15, 0.2) is 54.6 Å². The summed E-state index contributed by atoms with van der Waals surface area (Å²) >= 11 is 0. The molecule has 0 aliphatic carbocycles. The minimum Gasteiger partial charge on any atom is -0.290 e. The number of hydrogen-bond acceptors (Lipinski definition) is 5. The number of carbonyl (C=O) groups is 2. The van der Waals surface area contributed by atoms with Crippen LogP contribution in [0.25, 0.3) is 0 Å². The molecule has 0 radical (unpaired) electrons. The van der Waals surface area contributed by atoms with E-state index in [1.807, 2.05) is 36.4 Å². The number of carbonyl (C=O) groups excluding carboxylic acids is 2. The van der Waals surface area contributed by atoms with Gasteiger partial charge in [-0.1, -0.05) is 30.3 Å². The second-order valence-electron chi connectivity index (χ2n) is 6.08. The van der Waals surface area contributed by atoms with Gasteiger partial charge in [0.25, 0.3) is 0 Å². The van der Waals surface area contributed by atoms with Gasteiger partial charge in [0, 0.05) is 6.92 Å². The molecule has 2 heterocycles. The van der Waals surface area contributed by atoms with Crippen LogP contribution < -0.4 is 31.3 Å². The van der Waals surface area contributed by atoms with E-state index in [1.165, 1.54) is 6.92 Å². The van der Waals surface area contributed by atoms with Crippen LogP contribution in [-0.4, -0.2) is 23.7 Å². The minimum atomic E-state index is -1.37. The molecular formula is C18H18N6O2+2. The molecule has 130 valence electrons. The highest BCUT2D eigenvalue weighted by molar-refractivity contribution is 6.21. The fraction of sp³-hybridized carbons (Fsp3) is 0.111. The predicted octanol–water partition coefficient (Wildman–Crippen LogP) is -2.72. The summed E-state index contributed by atoms with van der Waals surface area (Å²) in [7, 11) is 0. The Morgan fingerprint density at radius 2 is 1.81 bits per heavy atom. The van der Waals surface area contributed by atoms with Crippen LogP contribution in [0.4, 0.5) is 11.4 Å². The average molecular weight is 350 g/mol. The monoisotopic (exact) mass is 350 g/mol. The highest BCUT2D eigenvalue weighted by Crippen LogP contribution is 2.33. The van der Waals surface area contributed by atoms with E-state index in [2.05, 4.69) is 20.6 Å². The molecule has 8 heteroatoms. The second kappa shape index (κ2) is 5.69. The largest absolute Gasteiger partial charge is 0.361 e. The average Bonchev–Trinajstić information content (AvgIpc) is 2.84. The molecule has 1 spiro atoms. The van der Waals surface area contributed by atoms with Crippen molar-refractivity contribution < 1.29 is 19.6 Å². The second-order valence-corrected chi connectivity index (χ2v) is 6.08. The van der Waals surface area contributed by atoms with Crippen molar-refractivity contribution in [3.05, 3.63) is 60.2 Å². The van der Waals surface area contributed by atoms with Gasteiger partial charge in [-0.15, -0.1) is 0 Å². The Balaban J connectivity index is 1.84. The van der Waals surface area contributed by atoms with E-state index >= 15 is 0 Å². The first kappa shape index (κ1) is 15.8. The lowest BCUT2D eigenvalue weighted by molar-refractivity contribution is -0.789. The van der Waals surface area contributed by atoms with Gasteiger partial charge >= 0.3 is 23.5 Å². The van der Waals surface area contributed by atoms with Crippen LogP contribution in [0.3, 0.4) is 0 Å². The Morgan fingerprint density at radius 1 is 1.12 bits per heavy atom. The zero-order valence-electron chi connectivity index (χ0n) is 14.0. The van der Waals surface area contributed by atoms with Gasteiger partial charge in [-0.05, 0) is 24.3 Å². The van der Waals surface area contributed by atoms with Crippen LogP contribution in [-0.2, 0) is 15.3 Å². The first-order valence-electron chi connectivity index (χ1n) is 8.11. The molecule has 2 amide bonds. The number of nitrogens with two attached hydrogens (primary N) is 1. The van der Waals surface area contributed by atoms with Gasteiger partial charge in [-0.2, -0.15) is 5.32 Å². The summed E-state index contributed by atoms with van der Waals surface area (Å²) in [6.45, 7) is 1.36. The summed E-state index contributed by atoms with van der Waals surface area (Å²) in [5.41, 5.74) is 6.61. The molecular weight excluding hydrogens is 332 g/mol. The van der Waals surface area contributed by atoms with Crippen LogP contribution >= 0.6 is 0 Å². The molecule has 0 fully saturated rings. The standard InChI is InChI=1S/C18H16N6O2/c1-11(25)24-14-10-6-5-9-13(14)18(15(24)26)22-16(19)21-17(23-18)20-12-7-3-2-4-8-12/h2-10H,1H3,(H4,19,20,21,22,23)/p+2/t18-/m1/s1. The maximum atomic E-state index is 13.2. The van der Waals surface area contributed by atoms with Gasteiger partial charge in [0.05, 0.1) is 16.9 Å². The van der Waals surface area contributed by atoms with Crippen molar-refractivity contribution in [3.63, 3.8) is 0 Å². The molecule has 2 aromatic carbocycles. The number of amides is 2. The van der Waals surface area contributed by atoms with Crippen molar-refractivity contribution in [3.8, 4) is 0 Å². The highest BCUT2D eigenvalue weighted by atomic mass is 16.2. The first-order valence-corrected chi connectivity index (χ1v) is 8.11. The molecule has 6 N–H and O–H groups in total. The number of hydrogen-bond donors (Lipinski definition) is 5. The number of nitrogens with zero attached hydrogens (tertiary/aromatic N) is 1. The molecule has 0 bridgehead atoms. The maximum absolute atomic E-state index is 13.2. The fourth-order valence-corrected chi connectivity index (χ4v) is 3.28. The van der Waals surface area contributed by atoms with Crippen molar-refractivity contribution in [1.29, 1.82) is 0 Å². The number of guanidine groups is 2. The van der Waals surface area contributed by atoms with E-state index < -0.39 is 11.6 Å². The van der Waals surface area contributed by atoms with Crippen molar-refractivity contribution in [2.45, 2.75) is 12.6 Å². The van der Waals surface area contributed by atoms with Gasteiger partial charge in [0.2, 0.25) is 5.91 Å². The number of para-hydroxylation sites is 2. The third-order valence-electron chi connectivity index (χ3n) is 4.33. The van der Waals surface area contributed by atoms with Gasteiger partial charge in [0.1, 0.15) is 0 Å². The number of anilines is 2. The molecule has 0 unspecified atom stereocenters. The topological polar surface area (TPSA) is 115 Å². The lowest BCUT2D eigenvalue weighted by atomic mass is 10.0. The number of imide groups is 1. The molecule has 26 heavy (non-hydrogen) atoms. The van der Waals surface area contributed by atoms with Gasteiger partial charge < -0.3 is 0 Å². The molecule has 4 rings (SSSR count). The molecule has 2 aliphatic rings. The zero-order chi connectivity index (χ0) is 18.3. The molecule has 2 aliphatic heterocycles. The Labute approximate surface area is 149 Å². The Kier molecular flexibility index (Phi) is 3.47. The van der Waals surface area contributed by atoms with Crippen molar-refractivity contribution in [2.24, 2.45) is 5.73 Å². The Hall–Kier alpha value is -3.68.